The van der Waals surface area contributed by atoms with E-state index in [1.807, 2.05) is 6.07 Å². The minimum Gasteiger partial charge on any atom is -0.494 e. The van der Waals surface area contributed by atoms with Gasteiger partial charge in [-0.15, -0.1) is 0 Å². The smallest absolute Gasteiger partial charge is 0.255 e. The summed E-state index contributed by atoms with van der Waals surface area (Å²) in [4.78, 5) is 25.0. The van der Waals surface area contributed by atoms with Gasteiger partial charge in [0.1, 0.15) is 17.6 Å². The van der Waals surface area contributed by atoms with Gasteiger partial charge in [0.15, 0.2) is 0 Å². The molecule has 2 atom stereocenters. The van der Waals surface area contributed by atoms with Crippen LogP contribution < -0.4 is 25.8 Å². The van der Waals surface area contributed by atoms with Crippen molar-refractivity contribution >= 4 is 23.2 Å². The fourth-order valence-corrected chi connectivity index (χ4v) is 3.16. The first-order valence-corrected chi connectivity index (χ1v) is 9.34. The molecule has 0 aromatic heterocycles. The van der Waals surface area contributed by atoms with E-state index in [0.717, 1.165) is 6.42 Å². The first-order valence-electron chi connectivity index (χ1n) is 9.34. The maximum Gasteiger partial charge on any atom is 0.255 e. The molecule has 2 amide bonds. The molecule has 2 aromatic carbocycles. The van der Waals surface area contributed by atoms with E-state index in [4.69, 9.17) is 19.9 Å². The molecule has 8 nitrogen and oxygen atoms in total. The number of ether oxygens (including phenoxy) is 3. The predicted octanol–water partition coefficient (Wildman–Crippen LogP) is 2.40. The minimum absolute atomic E-state index is 0.0993. The molecule has 4 N–H and O–H groups in total. The van der Waals surface area contributed by atoms with Crippen LogP contribution in [0.1, 0.15) is 23.2 Å². The number of carbonyl (C=O) groups is 2. The Labute approximate surface area is 169 Å². The highest BCUT2D eigenvalue weighted by molar-refractivity contribution is 6.05. The molecular weight excluding hydrogens is 374 g/mol. The monoisotopic (exact) mass is 399 g/mol. The average Bonchev–Trinajstić information content (AvgIpc) is 3.24. The minimum atomic E-state index is -0.559. The Kier molecular flexibility index (Phi) is 6.69. The van der Waals surface area contributed by atoms with Crippen LogP contribution in [-0.2, 0) is 9.53 Å². The highest BCUT2D eigenvalue weighted by Gasteiger charge is 2.30. The van der Waals surface area contributed by atoms with Crippen LogP contribution >= 0.6 is 0 Å². The van der Waals surface area contributed by atoms with Gasteiger partial charge in [-0.25, -0.2) is 0 Å². The number of nitrogens with two attached hydrogens (primary N) is 1. The number of anilines is 2. The van der Waals surface area contributed by atoms with Gasteiger partial charge in [-0.05, 0) is 25.0 Å². The quantitative estimate of drug-likeness (QED) is 0.659. The molecule has 154 valence electrons. The summed E-state index contributed by atoms with van der Waals surface area (Å²) in [5.74, 6) is 0.214. The van der Waals surface area contributed by atoms with Crippen molar-refractivity contribution in [1.82, 2.24) is 0 Å². The van der Waals surface area contributed by atoms with Crippen molar-refractivity contribution in [2.75, 3.05) is 31.4 Å². The van der Waals surface area contributed by atoms with Crippen LogP contribution in [0.2, 0.25) is 0 Å². The molecule has 0 aliphatic carbocycles. The van der Waals surface area contributed by atoms with E-state index >= 15 is 0 Å². The number of amides is 2. The lowest BCUT2D eigenvalue weighted by Crippen LogP contribution is -2.30. The molecule has 3 rings (SSSR count). The SMILES string of the molecule is COc1cc(NC(=O)[C@@H]2CC[C@H](CN)O2)c(OC)cc1NC(=O)c1ccccc1. The maximum atomic E-state index is 12.5. The second kappa shape index (κ2) is 9.40. The molecule has 1 aliphatic heterocycles. The summed E-state index contributed by atoms with van der Waals surface area (Å²) in [6, 6.07) is 12.0. The number of hydrogen-bond donors (Lipinski definition) is 3. The molecule has 0 unspecified atom stereocenters. The summed E-state index contributed by atoms with van der Waals surface area (Å²) < 4.78 is 16.4. The fraction of sp³-hybridized carbons (Fsp3) is 0.333. The summed E-state index contributed by atoms with van der Waals surface area (Å²) in [5.41, 5.74) is 6.97. The number of hydrogen-bond acceptors (Lipinski definition) is 6. The van der Waals surface area contributed by atoms with Crippen molar-refractivity contribution in [2.24, 2.45) is 5.73 Å². The van der Waals surface area contributed by atoms with Gasteiger partial charge in [-0.2, -0.15) is 0 Å². The largest absolute Gasteiger partial charge is 0.494 e. The topological polar surface area (TPSA) is 112 Å². The van der Waals surface area contributed by atoms with Crippen LogP contribution in [0.25, 0.3) is 0 Å². The summed E-state index contributed by atoms with van der Waals surface area (Å²) in [5, 5.41) is 5.62. The first kappa shape index (κ1) is 20.6. The van der Waals surface area contributed by atoms with Crippen LogP contribution in [0, 0.1) is 0 Å². The third-order valence-electron chi connectivity index (χ3n) is 4.73. The summed E-state index contributed by atoms with van der Waals surface area (Å²) >= 11 is 0. The molecular formula is C21H25N3O5. The van der Waals surface area contributed by atoms with Gasteiger partial charge in [-0.3, -0.25) is 9.59 Å². The molecule has 1 saturated heterocycles. The van der Waals surface area contributed by atoms with Gasteiger partial charge in [0.05, 0.1) is 31.7 Å². The van der Waals surface area contributed by atoms with Gasteiger partial charge < -0.3 is 30.6 Å². The van der Waals surface area contributed by atoms with Crippen molar-refractivity contribution in [2.45, 2.75) is 25.0 Å². The van der Waals surface area contributed by atoms with E-state index < -0.39 is 6.10 Å². The summed E-state index contributed by atoms with van der Waals surface area (Å²) in [6.07, 6.45) is 0.701. The Morgan fingerprint density at radius 3 is 2.21 bits per heavy atom. The molecule has 29 heavy (non-hydrogen) atoms. The van der Waals surface area contributed by atoms with E-state index in [1.165, 1.54) is 14.2 Å². The molecule has 1 aliphatic rings. The molecule has 8 heteroatoms. The lowest BCUT2D eigenvalue weighted by molar-refractivity contribution is -0.126. The van der Waals surface area contributed by atoms with E-state index in [1.54, 1.807) is 36.4 Å². The maximum absolute atomic E-state index is 12.5. The van der Waals surface area contributed by atoms with Crippen molar-refractivity contribution < 1.29 is 23.8 Å². The molecule has 2 aromatic rings. The zero-order valence-corrected chi connectivity index (χ0v) is 16.4. The third kappa shape index (κ3) is 4.85. The second-order valence-corrected chi connectivity index (χ2v) is 6.62. The van der Waals surface area contributed by atoms with Crippen LogP contribution in [-0.4, -0.2) is 44.8 Å². The Morgan fingerprint density at radius 2 is 1.66 bits per heavy atom. The lowest BCUT2D eigenvalue weighted by Gasteiger charge is -2.18. The van der Waals surface area contributed by atoms with Gasteiger partial charge in [-0.1, -0.05) is 18.2 Å². The number of methoxy groups -OCH3 is 2. The van der Waals surface area contributed by atoms with Crippen molar-refractivity contribution in [3.05, 3.63) is 48.0 Å². The molecule has 1 heterocycles. The molecule has 1 fully saturated rings. The normalized spacial score (nSPS) is 18.2. The third-order valence-corrected chi connectivity index (χ3v) is 4.73. The molecule has 0 saturated carbocycles. The summed E-state index contributed by atoms with van der Waals surface area (Å²) in [6.45, 7) is 0.386. The lowest BCUT2D eigenvalue weighted by atomic mass is 10.1. The highest BCUT2D eigenvalue weighted by Crippen LogP contribution is 2.37. The Balaban J connectivity index is 1.79. The van der Waals surface area contributed by atoms with Crippen LogP contribution in [0.15, 0.2) is 42.5 Å². The average molecular weight is 399 g/mol. The standard InChI is InChI=1S/C21H25N3O5/c1-27-18-11-16(24-21(26)17-9-8-14(12-22)29-17)19(28-2)10-15(18)23-20(25)13-6-4-3-5-7-13/h3-7,10-11,14,17H,8-9,12,22H2,1-2H3,(H,23,25)(H,24,26)/t14-,17+/m1/s1. The fourth-order valence-electron chi connectivity index (χ4n) is 3.16. The van der Waals surface area contributed by atoms with Crippen LogP contribution in [0.5, 0.6) is 11.5 Å². The van der Waals surface area contributed by atoms with Crippen molar-refractivity contribution in [1.29, 1.82) is 0 Å². The predicted molar refractivity (Wildman–Crippen MR) is 110 cm³/mol. The number of rotatable bonds is 7. The number of carbonyl (C=O) groups excluding carboxylic acids is 2. The zero-order chi connectivity index (χ0) is 20.8. The van der Waals surface area contributed by atoms with E-state index in [2.05, 4.69) is 10.6 Å². The van der Waals surface area contributed by atoms with Gasteiger partial charge in [0.25, 0.3) is 11.8 Å². The number of nitrogens with one attached hydrogen (secondary N) is 2. The Hall–Kier alpha value is -3.10. The summed E-state index contributed by atoms with van der Waals surface area (Å²) in [7, 11) is 2.97. The number of benzene rings is 2. The molecule has 0 bridgehead atoms. The van der Waals surface area contributed by atoms with Crippen molar-refractivity contribution in [3.63, 3.8) is 0 Å². The first-order chi connectivity index (χ1) is 14.0. The van der Waals surface area contributed by atoms with Crippen molar-refractivity contribution in [3.8, 4) is 11.5 Å². The van der Waals surface area contributed by atoms with Gasteiger partial charge in [0.2, 0.25) is 0 Å². The zero-order valence-electron chi connectivity index (χ0n) is 16.4. The van der Waals surface area contributed by atoms with E-state index in [-0.39, 0.29) is 17.9 Å². The Bertz CT molecular complexity index is 872. The van der Waals surface area contributed by atoms with Gasteiger partial charge >= 0.3 is 0 Å². The van der Waals surface area contributed by atoms with E-state index in [0.29, 0.717) is 41.4 Å². The van der Waals surface area contributed by atoms with Crippen LogP contribution in [0.4, 0.5) is 11.4 Å². The Morgan fingerprint density at radius 1 is 1.03 bits per heavy atom. The second-order valence-electron chi connectivity index (χ2n) is 6.62. The highest BCUT2D eigenvalue weighted by atomic mass is 16.5. The van der Waals surface area contributed by atoms with Crippen LogP contribution in [0.3, 0.4) is 0 Å². The molecule has 0 radical (unpaired) electrons. The van der Waals surface area contributed by atoms with E-state index in [9.17, 15) is 9.59 Å². The molecule has 0 spiro atoms. The van der Waals surface area contributed by atoms with Gasteiger partial charge in [0, 0.05) is 24.2 Å².